The van der Waals surface area contributed by atoms with E-state index in [1.165, 1.54) is 32.1 Å². The van der Waals surface area contributed by atoms with Gasteiger partial charge < -0.3 is 14.6 Å². The molecule has 0 aliphatic heterocycles. The van der Waals surface area contributed by atoms with Gasteiger partial charge in [-0.15, -0.1) is 0 Å². The molecule has 0 bridgehead atoms. The maximum Gasteiger partial charge on any atom is 0.0835 e. The quantitative estimate of drug-likeness (QED) is 0.769. The molecule has 0 aromatic carbocycles. The second-order valence-corrected chi connectivity index (χ2v) is 5.93. The zero-order valence-electron chi connectivity index (χ0n) is 11.6. The van der Waals surface area contributed by atoms with Crippen molar-refractivity contribution in [3.05, 3.63) is 0 Å². The Morgan fingerprint density at radius 1 is 0.833 bits per heavy atom. The first-order valence-electron chi connectivity index (χ1n) is 7.68. The summed E-state index contributed by atoms with van der Waals surface area (Å²) < 4.78 is 11.7. The van der Waals surface area contributed by atoms with Crippen molar-refractivity contribution in [1.29, 1.82) is 0 Å². The lowest BCUT2D eigenvalue weighted by molar-refractivity contribution is -0.0899. The van der Waals surface area contributed by atoms with Gasteiger partial charge in [0.1, 0.15) is 0 Å². The highest BCUT2D eigenvalue weighted by Crippen LogP contribution is 2.26. The first-order valence-corrected chi connectivity index (χ1v) is 7.68. The standard InChI is InChI=1S/C15H28O3/c1-12-6-2-4-8-14(12)17-10-11-18-15-9-5-3-7-13(15)16/h12-16H,2-11H2,1H3. The molecule has 0 aromatic rings. The topological polar surface area (TPSA) is 38.7 Å². The SMILES string of the molecule is CC1CCCCC1OCCOC1CCCCC1O. The van der Waals surface area contributed by atoms with Crippen molar-refractivity contribution >= 4 is 0 Å². The van der Waals surface area contributed by atoms with Gasteiger partial charge in [0.25, 0.3) is 0 Å². The lowest BCUT2D eigenvalue weighted by Crippen LogP contribution is -2.34. The molecular weight excluding hydrogens is 228 g/mol. The molecule has 1 N–H and O–H groups in total. The highest BCUT2D eigenvalue weighted by molar-refractivity contribution is 4.75. The van der Waals surface area contributed by atoms with Gasteiger partial charge >= 0.3 is 0 Å². The summed E-state index contributed by atoms with van der Waals surface area (Å²) in [7, 11) is 0. The molecule has 4 atom stereocenters. The molecule has 4 unspecified atom stereocenters. The Hall–Kier alpha value is -0.120. The molecule has 2 saturated carbocycles. The minimum Gasteiger partial charge on any atom is -0.390 e. The van der Waals surface area contributed by atoms with Crippen molar-refractivity contribution in [3.8, 4) is 0 Å². The molecule has 3 heteroatoms. The van der Waals surface area contributed by atoms with Gasteiger partial charge in [0.15, 0.2) is 0 Å². The van der Waals surface area contributed by atoms with E-state index in [9.17, 15) is 5.11 Å². The molecular formula is C15H28O3. The molecule has 0 aromatic heterocycles. The van der Waals surface area contributed by atoms with Crippen molar-refractivity contribution < 1.29 is 14.6 Å². The number of hydrogen-bond acceptors (Lipinski definition) is 3. The van der Waals surface area contributed by atoms with Crippen molar-refractivity contribution in [2.45, 2.75) is 76.6 Å². The third-order valence-corrected chi connectivity index (χ3v) is 4.45. The number of aliphatic hydroxyl groups excluding tert-OH is 1. The van der Waals surface area contributed by atoms with Crippen LogP contribution in [0.5, 0.6) is 0 Å². The fraction of sp³-hybridized carbons (Fsp3) is 1.00. The van der Waals surface area contributed by atoms with Crippen LogP contribution < -0.4 is 0 Å². The van der Waals surface area contributed by atoms with E-state index in [1.807, 2.05) is 0 Å². The van der Waals surface area contributed by atoms with Crippen LogP contribution in [0.1, 0.15) is 58.3 Å². The molecule has 2 fully saturated rings. The molecule has 18 heavy (non-hydrogen) atoms. The molecule has 2 rings (SSSR count). The molecule has 2 aliphatic carbocycles. The third-order valence-electron chi connectivity index (χ3n) is 4.45. The van der Waals surface area contributed by atoms with E-state index in [0.717, 1.165) is 19.3 Å². The zero-order chi connectivity index (χ0) is 12.8. The van der Waals surface area contributed by atoms with E-state index in [2.05, 4.69) is 6.92 Å². The predicted molar refractivity (Wildman–Crippen MR) is 71.6 cm³/mol. The third kappa shape index (κ3) is 4.22. The highest BCUT2D eigenvalue weighted by atomic mass is 16.5. The van der Waals surface area contributed by atoms with Gasteiger partial charge in [-0.2, -0.15) is 0 Å². The fourth-order valence-electron chi connectivity index (χ4n) is 3.20. The van der Waals surface area contributed by atoms with E-state index in [0.29, 0.717) is 25.2 Å². The second-order valence-electron chi connectivity index (χ2n) is 5.93. The van der Waals surface area contributed by atoms with E-state index < -0.39 is 0 Å². The molecule has 0 spiro atoms. The van der Waals surface area contributed by atoms with Crippen LogP contribution >= 0.6 is 0 Å². The maximum atomic E-state index is 9.79. The smallest absolute Gasteiger partial charge is 0.0835 e. The Morgan fingerprint density at radius 3 is 2.06 bits per heavy atom. The van der Waals surface area contributed by atoms with Crippen LogP contribution in [0.2, 0.25) is 0 Å². The average Bonchev–Trinajstić information content (AvgIpc) is 2.38. The van der Waals surface area contributed by atoms with E-state index in [4.69, 9.17) is 9.47 Å². The molecule has 0 heterocycles. The summed E-state index contributed by atoms with van der Waals surface area (Å²) in [6, 6.07) is 0. The van der Waals surface area contributed by atoms with Crippen molar-refractivity contribution in [3.63, 3.8) is 0 Å². The summed E-state index contributed by atoms with van der Waals surface area (Å²) in [5.41, 5.74) is 0. The summed E-state index contributed by atoms with van der Waals surface area (Å²) in [5, 5.41) is 9.79. The van der Waals surface area contributed by atoms with Crippen LogP contribution in [0.4, 0.5) is 0 Å². The van der Waals surface area contributed by atoms with Gasteiger partial charge in [-0.3, -0.25) is 0 Å². The average molecular weight is 256 g/mol. The van der Waals surface area contributed by atoms with Crippen LogP contribution in [0.25, 0.3) is 0 Å². The molecule has 2 aliphatic rings. The van der Waals surface area contributed by atoms with Gasteiger partial charge in [-0.25, -0.2) is 0 Å². The van der Waals surface area contributed by atoms with Gasteiger partial charge in [-0.05, 0) is 31.6 Å². The molecule has 0 amide bonds. The van der Waals surface area contributed by atoms with Gasteiger partial charge in [0.05, 0.1) is 31.5 Å². The highest BCUT2D eigenvalue weighted by Gasteiger charge is 2.24. The van der Waals surface area contributed by atoms with E-state index >= 15 is 0 Å². The van der Waals surface area contributed by atoms with Crippen molar-refractivity contribution in [2.24, 2.45) is 5.92 Å². The minimum atomic E-state index is -0.257. The fourth-order valence-corrected chi connectivity index (χ4v) is 3.20. The monoisotopic (exact) mass is 256 g/mol. The number of aliphatic hydroxyl groups is 1. The summed E-state index contributed by atoms with van der Waals surface area (Å²) in [6.07, 6.45) is 9.59. The maximum absolute atomic E-state index is 9.79. The number of hydrogen-bond donors (Lipinski definition) is 1. The predicted octanol–water partition coefficient (Wildman–Crippen LogP) is 2.90. The molecule has 0 saturated heterocycles. The second kappa shape index (κ2) is 7.46. The Bertz CT molecular complexity index is 208. The molecule has 3 nitrogen and oxygen atoms in total. The number of ether oxygens (including phenoxy) is 2. The van der Waals surface area contributed by atoms with Crippen LogP contribution in [0.3, 0.4) is 0 Å². The van der Waals surface area contributed by atoms with E-state index in [1.54, 1.807) is 0 Å². The van der Waals surface area contributed by atoms with Crippen molar-refractivity contribution in [1.82, 2.24) is 0 Å². The van der Waals surface area contributed by atoms with Gasteiger partial charge in [-0.1, -0.05) is 32.6 Å². The van der Waals surface area contributed by atoms with Crippen molar-refractivity contribution in [2.75, 3.05) is 13.2 Å². The lowest BCUT2D eigenvalue weighted by atomic mass is 9.88. The Balaban J connectivity index is 1.57. The first kappa shape index (κ1) is 14.3. The summed E-state index contributed by atoms with van der Waals surface area (Å²) in [5.74, 6) is 0.694. The largest absolute Gasteiger partial charge is 0.390 e. The van der Waals surface area contributed by atoms with Gasteiger partial charge in [0.2, 0.25) is 0 Å². The van der Waals surface area contributed by atoms with E-state index in [-0.39, 0.29) is 12.2 Å². The van der Waals surface area contributed by atoms with Gasteiger partial charge in [0, 0.05) is 0 Å². The van der Waals surface area contributed by atoms with Crippen LogP contribution in [-0.2, 0) is 9.47 Å². The minimum absolute atomic E-state index is 0.0473. The summed E-state index contributed by atoms with van der Waals surface area (Å²) in [4.78, 5) is 0. The Kier molecular flexibility index (Phi) is 5.93. The van der Waals surface area contributed by atoms with Crippen LogP contribution in [0, 0.1) is 5.92 Å². The first-order chi connectivity index (χ1) is 8.77. The summed E-state index contributed by atoms with van der Waals surface area (Å²) in [6.45, 7) is 3.60. The van der Waals surface area contributed by atoms with Crippen LogP contribution in [-0.4, -0.2) is 36.6 Å². The molecule has 106 valence electrons. The normalized spacial score (nSPS) is 37.7. The molecule has 0 radical (unpaired) electrons. The Morgan fingerprint density at radius 2 is 1.39 bits per heavy atom. The lowest BCUT2D eigenvalue weighted by Gasteiger charge is -2.30. The zero-order valence-corrected chi connectivity index (χ0v) is 11.6. The summed E-state index contributed by atoms with van der Waals surface area (Å²) >= 11 is 0. The number of rotatable bonds is 5. The van der Waals surface area contributed by atoms with Crippen LogP contribution in [0.15, 0.2) is 0 Å². The Labute approximate surface area is 111 Å².